The minimum atomic E-state index is -1.75. The molecule has 1 aromatic carbocycles. The van der Waals surface area contributed by atoms with E-state index in [0.717, 1.165) is 18.4 Å². The standard InChI is InChI=1S/C22H30BN3O5/c1-16(2)12-18(14-24)21(27)26-11-7-6-10-19(26)15-31-22(28)25-20(23(29)30)13-17-8-4-3-5-9-17/h3-5,8-9,12,16,19-20,29-30H,6-7,10-11,13,15H2,1-2H3,(H,25,28)/b18-12-/t19-,20+/m1/s1. The molecule has 2 atom stereocenters. The lowest BCUT2D eigenvalue weighted by atomic mass is 9.76. The molecule has 31 heavy (non-hydrogen) atoms. The van der Waals surface area contributed by atoms with Gasteiger partial charge in [-0.25, -0.2) is 4.79 Å². The molecule has 0 bridgehead atoms. The van der Waals surface area contributed by atoms with Crippen molar-refractivity contribution in [2.45, 2.75) is 51.5 Å². The van der Waals surface area contributed by atoms with Crippen molar-refractivity contribution in [2.24, 2.45) is 5.92 Å². The summed E-state index contributed by atoms with van der Waals surface area (Å²) >= 11 is 0. The number of carbonyl (C=O) groups is 2. The number of allylic oxidation sites excluding steroid dienone is 1. The summed E-state index contributed by atoms with van der Waals surface area (Å²) in [6.45, 7) is 4.26. The molecule has 2 rings (SSSR count). The summed E-state index contributed by atoms with van der Waals surface area (Å²) in [6, 6.07) is 10.8. The van der Waals surface area contributed by atoms with Gasteiger partial charge in [-0.15, -0.1) is 0 Å². The van der Waals surface area contributed by atoms with Crippen molar-refractivity contribution in [3.05, 3.63) is 47.5 Å². The Labute approximate surface area is 183 Å². The minimum Gasteiger partial charge on any atom is -0.447 e. The Hall–Kier alpha value is -2.83. The van der Waals surface area contributed by atoms with Crippen LogP contribution in [0.3, 0.4) is 0 Å². The monoisotopic (exact) mass is 427 g/mol. The van der Waals surface area contributed by atoms with Crippen molar-refractivity contribution in [2.75, 3.05) is 13.2 Å². The second kappa shape index (κ2) is 12.1. The fraction of sp³-hybridized carbons (Fsp3) is 0.500. The van der Waals surface area contributed by atoms with E-state index in [1.807, 2.05) is 50.2 Å². The lowest BCUT2D eigenvalue weighted by Crippen LogP contribution is -2.50. The highest BCUT2D eigenvalue weighted by molar-refractivity contribution is 6.43. The van der Waals surface area contributed by atoms with Crippen molar-refractivity contribution >= 4 is 19.1 Å². The van der Waals surface area contributed by atoms with Gasteiger partial charge in [-0.05, 0) is 37.2 Å². The van der Waals surface area contributed by atoms with Gasteiger partial charge in [0.25, 0.3) is 5.91 Å². The Morgan fingerprint density at radius 1 is 1.32 bits per heavy atom. The molecule has 1 aromatic rings. The first-order chi connectivity index (χ1) is 14.8. The number of amides is 2. The first-order valence-corrected chi connectivity index (χ1v) is 10.6. The molecular formula is C22H30BN3O5. The summed E-state index contributed by atoms with van der Waals surface area (Å²) < 4.78 is 5.31. The molecule has 1 heterocycles. The lowest BCUT2D eigenvalue weighted by molar-refractivity contribution is -0.131. The van der Waals surface area contributed by atoms with Crippen LogP contribution < -0.4 is 5.32 Å². The summed E-state index contributed by atoms with van der Waals surface area (Å²) in [5, 5.41) is 31.0. The Bertz CT molecular complexity index is 807. The van der Waals surface area contributed by atoms with Gasteiger partial charge in [-0.3, -0.25) is 4.79 Å². The van der Waals surface area contributed by atoms with Crippen LogP contribution in [0.25, 0.3) is 0 Å². The van der Waals surface area contributed by atoms with E-state index in [1.165, 1.54) is 0 Å². The third-order valence-corrected chi connectivity index (χ3v) is 5.11. The quantitative estimate of drug-likeness (QED) is 0.331. The minimum absolute atomic E-state index is 0.0302. The second-order valence-corrected chi connectivity index (χ2v) is 8.04. The Kier molecular flexibility index (Phi) is 9.57. The number of benzene rings is 1. The average molecular weight is 427 g/mol. The fourth-order valence-corrected chi connectivity index (χ4v) is 3.55. The first kappa shape index (κ1) is 24.4. The number of nitrogens with zero attached hydrogens (tertiary/aromatic N) is 2. The third-order valence-electron chi connectivity index (χ3n) is 5.11. The largest absolute Gasteiger partial charge is 0.475 e. The predicted molar refractivity (Wildman–Crippen MR) is 116 cm³/mol. The van der Waals surface area contributed by atoms with Gasteiger partial charge in [-0.1, -0.05) is 50.3 Å². The first-order valence-electron chi connectivity index (χ1n) is 10.6. The number of nitrogens with one attached hydrogen (secondary N) is 1. The smallest absolute Gasteiger partial charge is 0.447 e. The Morgan fingerprint density at radius 3 is 2.65 bits per heavy atom. The molecule has 1 aliphatic heterocycles. The van der Waals surface area contributed by atoms with Gasteiger partial charge < -0.3 is 25.0 Å². The molecule has 0 saturated carbocycles. The van der Waals surface area contributed by atoms with Crippen molar-refractivity contribution < 1.29 is 24.4 Å². The number of hydrogen-bond acceptors (Lipinski definition) is 6. The molecule has 0 spiro atoms. The van der Waals surface area contributed by atoms with Crippen LogP contribution in [-0.4, -0.2) is 59.2 Å². The van der Waals surface area contributed by atoms with Crippen LogP contribution in [0.5, 0.6) is 0 Å². The van der Waals surface area contributed by atoms with Crippen molar-refractivity contribution in [1.29, 1.82) is 5.26 Å². The SMILES string of the molecule is CC(C)/C=C(/C#N)C(=O)N1CCCC[C@@H]1COC(=O)N[C@@H](Cc1ccccc1)B(O)O. The highest BCUT2D eigenvalue weighted by atomic mass is 16.5. The van der Waals surface area contributed by atoms with E-state index in [2.05, 4.69) is 5.32 Å². The van der Waals surface area contributed by atoms with Crippen molar-refractivity contribution in [3.63, 3.8) is 0 Å². The van der Waals surface area contributed by atoms with E-state index in [-0.39, 0.29) is 36.5 Å². The van der Waals surface area contributed by atoms with Gasteiger partial charge >= 0.3 is 13.2 Å². The molecular weight excluding hydrogens is 397 g/mol. The highest BCUT2D eigenvalue weighted by Gasteiger charge is 2.31. The van der Waals surface area contributed by atoms with Gasteiger partial charge in [0.1, 0.15) is 18.2 Å². The van der Waals surface area contributed by atoms with Gasteiger partial charge in [-0.2, -0.15) is 5.26 Å². The Balaban J connectivity index is 1.96. The van der Waals surface area contributed by atoms with E-state index >= 15 is 0 Å². The molecule has 2 amide bonds. The average Bonchev–Trinajstić information content (AvgIpc) is 2.75. The zero-order valence-corrected chi connectivity index (χ0v) is 18.0. The van der Waals surface area contributed by atoms with Crippen LogP contribution in [-0.2, 0) is 16.0 Å². The number of carbonyl (C=O) groups excluding carboxylic acids is 2. The number of likely N-dealkylation sites (tertiary alicyclic amines) is 1. The van der Waals surface area contributed by atoms with E-state index in [1.54, 1.807) is 11.0 Å². The van der Waals surface area contributed by atoms with Gasteiger partial charge in [0.05, 0.1) is 12.0 Å². The predicted octanol–water partition coefficient (Wildman–Crippen LogP) is 1.82. The molecule has 1 fully saturated rings. The number of hydrogen-bond donors (Lipinski definition) is 3. The highest BCUT2D eigenvalue weighted by Crippen LogP contribution is 2.20. The van der Waals surface area contributed by atoms with E-state index in [4.69, 9.17) is 4.74 Å². The number of ether oxygens (including phenoxy) is 1. The zero-order chi connectivity index (χ0) is 22.8. The normalized spacial score (nSPS) is 17.6. The van der Waals surface area contributed by atoms with Gasteiger partial charge in [0.2, 0.25) is 0 Å². The van der Waals surface area contributed by atoms with Gasteiger partial charge in [0.15, 0.2) is 0 Å². The van der Waals surface area contributed by atoms with Crippen LogP contribution in [0.1, 0.15) is 38.7 Å². The van der Waals surface area contributed by atoms with Crippen LogP contribution >= 0.6 is 0 Å². The van der Waals surface area contributed by atoms with E-state index in [0.29, 0.717) is 13.0 Å². The maximum absolute atomic E-state index is 12.8. The third kappa shape index (κ3) is 7.74. The van der Waals surface area contributed by atoms with Crippen LogP contribution in [0, 0.1) is 17.2 Å². The molecule has 3 N–H and O–H groups in total. The molecule has 0 unspecified atom stereocenters. The number of alkyl carbamates (subject to hydrolysis) is 1. The molecule has 8 nitrogen and oxygen atoms in total. The van der Waals surface area contributed by atoms with Gasteiger partial charge in [0, 0.05) is 6.54 Å². The molecule has 9 heteroatoms. The van der Waals surface area contributed by atoms with Crippen LogP contribution in [0.4, 0.5) is 4.79 Å². The van der Waals surface area contributed by atoms with Crippen molar-refractivity contribution in [1.82, 2.24) is 10.2 Å². The Morgan fingerprint density at radius 2 is 2.03 bits per heavy atom. The van der Waals surface area contributed by atoms with E-state index in [9.17, 15) is 24.9 Å². The summed E-state index contributed by atoms with van der Waals surface area (Å²) in [5.41, 5.74) is 0.934. The summed E-state index contributed by atoms with van der Waals surface area (Å²) in [5.74, 6) is -1.22. The molecule has 1 saturated heterocycles. The topological polar surface area (TPSA) is 123 Å². The number of rotatable bonds is 8. The molecule has 0 aromatic heterocycles. The molecule has 0 radical (unpaired) electrons. The van der Waals surface area contributed by atoms with Crippen LogP contribution in [0.2, 0.25) is 0 Å². The van der Waals surface area contributed by atoms with Crippen LogP contribution in [0.15, 0.2) is 42.0 Å². The lowest BCUT2D eigenvalue weighted by Gasteiger charge is -2.35. The number of nitriles is 1. The molecule has 0 aliphatic carbocycles. The van der Waals surface area contributed by atoms with Crippen molar-refractivity contribution in [3.8, 4) is 6.07 Å². The zero-order valence-electron chi connectivity index (χ0n) is 18.0. The maximum Gasteiger partial charge on any atom is 0.475 e. The molecule has 166 valence electrons. The summed E-state index contributed by atoms with van der Waals surface area (Å²) in [4.78, 5) is 26.7. The summed E-state index contributed by atoms with van der Waals surface area (Å²) in [7, 11) is -1.75. The van der Waals surface area contributed by atoms with E-state index < -0.39 is 19.2 Å². The summed E-state index contributed by atoms with van der Waals surface area (Å²) in [6.07, 6.45) is 3.46. The number of piperidine rings is 1. The molecule has 1 aliphatic rings. The maximum atomic E-state index is 12.8. The second-order valence-electron chi connectivity index (χ2n) is 8.04. The fourth-order valence-electron chi connectivity index (χ4n) is 3.55.